The van der Waals surface area contributed by atoms with Gasteiger partial charge in [0.2, 0.25) is 0 Å². The zero-order valence-electron chi connectivity index (χ0n) is 12.0. The Morgan fingerprint density at radius 3 is 2.28 bits per heavy atom. The van der Waals surface area contributed by atoms with Crippen LogP contribution in [-0.4, -0.2) is 25.0 Å². The van der Waals surface area contributed by atoms with Crippen LogP contribution in [0.4, 0.5) is 5.69 Å². The Bertz CT molecular complexity index is 390. The number of carbonyl (C=O) groups excluding carboxylic acids is 1. The van der Waals surface area contributed by atoms with Crippen LogP contribution in [0, 0.1) is 0 Å². The molecule has 0 bridgehead atoms. The SMILES string of the molecule is CCC(C)N(C)c1ccc(C(=O)NC(C)C)cc1.[HH]. The Hall–Kier alpha value is -1.51. The molecule has 1 N–H and O–H groups in total. The number of rotatable bonds is 5. The van der Waals surface area contributed by atoms with Crippen molar-refractivity contribution in [2.45, 2.75) is 46.2 Å². The first kappa shape index (κ1) is 14.6. The zero-order chi connectivity index (χ0) is 13.7. The first-order valence-electron chi connectivity index (χ1n) is 6.59. The minimum absolute atomic E-state index is 0. The second-order valence-corrected chi connectivity index (χ2v) is 5.04. The van der Waals surface area contributed by atoms with Gasteiger partial charge in [-0.2, -0.15) is 0 Å². The van der Waals surface area contributed by atoms with E-state index >= 15 is 0 Å². The maximum atomic E-state index is 11.8. The summed E-state index contributed by atoms with van der Waals surface area (Å²) in [4.78, 5) is 14.0. The molecule has 18 heavy (non-hydrogen) atoms. The van der Waals surface area contributed by atoms with Gasteiger partial charge in [0.15, 0.2) is 0 Å². The fourth-order valence-corrected chi connectivity index (χ4v) is 1.72. The molecule has 1 unspecified atom stereocenters. The van der Waals surface area contributed by atoms with Crippen LogP contribution in [0.25, 0.3) is 0 Å². The van der Waals surface area contributed by atoms with Gasteiger partial charge in [0.1, 0.15) is 0 Å². The average molecular weight is 250 g/mol. The predicted molar refractivity (Wildman–Crippen MR) is 79.3 cm³/mol. The molecule has 1 rings (SSSR count). The standard InChI is InChI=1S/C15H24N2O.H2/c1-6-12(4)17(5)14-9-7-13(8-10-14)15(18)16-11(2)3;/h7-12H,6H2,1-5H3,(H,16,18);1H. The fourth-order valence-electron chi connectivity index (χ4n) is 1.72. The van der Waals surface area contributed by atoms with Gasteiger partial charge in [0.05, 0.1) is 0 Å². The molecule has 0 fully saturated rings. The summed E-state index contributed by atoms with van der Waals surface area (Å²) in [7, 11) is 2.08. The molecule has 1 aromatic carbocycles. The third-order valence-electron chi connectivity index (χ3n) is 3.21. The Balaban J connectivity index is 0.00000324. The van der Waals surface area contributed by atoms with E-state index in [1.165, 1.54) is 0 Å². The first-order chi connectivity index (χ1) is 8.45. The first-order valence-corrected chi connectivity index (χ1v) is 6.59. The van der Waals surface area contributed by atoms with E-state index in [4.69, 9.17) is 0 Å². The molecule has 3 heteroatoms. The summed E-state index contributed by atoms with van der Waals surface area (Å²) in [5.74, 6) is -0.0113. The average Bonchev–Trinajstić information content (AvgIpc) is 2.36. The van der Waals surface area contributed by atoms with Crippen LogP contribution in [0.2, 0.25) is 0 Å². The Kier molecular flexibility index (Phi) is 5.20. The van der Waals surface area contributed by atoms with E-state index in [2.05, 4.69) is 31.1 Å². The highest BCUT2D eigenvalue weighted by Gasteiger charge is 2.10. The highest BCUT2D eigenvalue weighted by atomic mass is 16.1. The van der Waals surface area contributed by atoms with Gasteiger partial charge in [-0.1, -0.05) is 6.92 Å². The summed E-state index contributed by atoms with van der Waals surface area (Å²) in [6, 6.07) is 8.43. The number of hydrogen-bond acceptors (Lipinski definition) is 2. The van der Waals surface area contributed by atoms with Gasteiger partial charge in [-0.25, -0.2) is 0 Å². The number of carbonyl (C=O) groups is 1. The van der Waals surface area contributed by atoms with Crippen molar-refractivity contribution in [1.82, 2.24) is 5.32 Å². The normalized spacial score (nSPS) is 12.3. The minimum atomic E-state index is -0.0113. The Morgan fingerprint density at radius 1 is 1.28 bits per heavy atom. The maximum Gasteiger partial charge on any atom is 0.251 e. The highest BCUT2D eigenvalue weighted by molar-refractivity contribution is 5.94. The van der Waals surface area contributed by atoms with Gasteiger partial charge in [0.25, 0.3) is 5.91 Å². The lowest BCUT2D eigenvalue weighted by molar-refractivity contribution is 0.0943. The molecule has 0 saturated carbocycles. The van der Waals surface area contributed by atoms with Crippen molar-refractivity contribution < 1.29 is 6.22 Å². The summed E-state index contributed by atoms with van der Waals surface area (Å²) in [5, 5.41) is 2.89. The van der Waals surface area contributed by atoms with E-state index in [0.29, 0.717) is 11.6 Å². The smallest absolute Gasteiger partial charge is 0.251 e. The van der Waals surface area contributed by atoms with E-state index in [0.717, 1.165) is 12.1 Å². The number of amides is 1. The predicted octanol–water partition coefficient (Wildman–Crippen LogP) is 3.31. The molecule has 0 heterocycles. The van der Waals surface area contributed by atoms with E-state index in [-0.39, 0.29) is 13.4 Å². The van der Waals surface area contributed by atoms with Crippen molar-refractivity contribution in [3.63, 3.8) is 0 Å². The number of anilines is 1. The molecule has 3 nitrogen and oxygen atoms in total. The molecule has 0 aromatic heterocycles. The largest absolute Gasteiger partial charge is 0.372 e. The topological polar surface area (TPSA) is 32.3 Å². The van der Waals surface area contributed by atoms with Gasteiger partial charge in [-0.3, -0.25) is 4.79 Å². The van der Waals surface area contributed by atoms with Crippen molar-refractivity contribution in [2.24, 2.45) is 0 Å². The highest BCUT2D eigenvalue weighted by Crippen LogP contribution is 2.17. The van der Waals surface area contributed by atoms with Crippen molar-refractivity contribution in [3.8, 4) is 0 Å². The van der Waals surface area contributed by atoms with Gasteiger partial charge in [-0.15, -0.1) is 0 Å². The number of nitrogens with zero attached hydrogens (tertiary/aromatic N) is 1. The lowest BCUT2D eigenvalue weighted by atomic mass is 10.1. The minimum Gasteiger partial charge on any atom is -0.372 e. The van der Waals surface area contributed by atoms with E-state index in [9.17, 15) is 4.79 Å². The molecule has 0 aliphatic carbocycles. The molecular formula is C15H26N2O. The van der Waals surface area contributed by atoms with E-state index in [1.54, 1.807) is 0 Å². The second-order valence-electron chi connectivity index (χ2n) is 5.04. The van der Waals surface area contributed by atoms with Gasteiger partial charge in [-0.05, 0) is 51.5 Å². The number of hydrogen-bond donors (Lipinski definition) is 1. The van der Waals surface area contributed by atoms with E-state index < -0.39 is 0 Å². The van der Waals surface area contributed by atoms with Crippen LogP contribution < -0.4 is 10.2 Å². The van der Waals surface area contributed by atoms with Crippen molar-refractivity contribution in [1.29, 1.82) is 0 Å². The molecule has 0 aliphatic rings. The van der Waals surface area contributed by atoms with Gasteiger partial charge in [0, 0.05) is 31.8 Å². The summed E-state index contributed by atoms with van der Waals surface area (Å²) < 4.78 is 0. The Labute approximate surface area is 112 Å². The molecule has 1 amide bonds. The van der Waals surface area contributed by atoms with Crippen molar-refractivity contribution >= 4 is 11.6 Å². The molecule has 0 saturated heterocycles. The van der Waals surface area contributed by atoms with Crippen molar-refractivity contribution in [2.75, 3.05) is 11.9 Å². The molecule has 0 aliphatic heterocycles. The summed E-state index contributed by atoms with van der Waals surface area (Å²) >= 11 is 0. The van der Waals surface area contributed by atoms with Gasteiger partial charge < -0.3 is 10.2 Å². The summed E-state index contributed by atoms with van der Waals surface area (Å²) in [6.07, 6.45) is 1.10. The lowest BCUT2D eigenvalue weighted by Gasteiger charge is -2.26. The molecule has 102 valence electrons. The fraction of sp³-hybridized carbons (Fsp3) is 0.533. The summed E-state index contributed by atoms with van der Waals surface area (Å²) in [6.45, 7) is 8.29. The van der Waals surface area contributed by atoms with Crippen LogP contribution in [-0.2, 0) is 0 Å². The Morgan fingerprint density at radius 2 is 1.83 bits per heavy atom. The molecule has 1 aromatic rings. The maximum absolute atomic E-state index is 11.8. The molecule has 1 atom stereocenters. The third-order valence-corrected chi connectivity index (χ3v) is 3.21. The molecule has 0 radical (unpaired) electrons. The quantitative estimate of drug-likeness (QED) is 0.869. The lowest BCUT2D eigenvalue weighted by Crippen LogP contribution is -2.30. The van der Waals surface area contributed by atoms with Gasteiger partial charge >= 0.3 is 0 Å². The van der Waals surface area contributed by atoms with E-state index in [1.807, 2.05) is 38.1 Å². The third kappa shape index (κ3) is 3.76. The van der Waals surface area contributed by atoms with Crippen LogP contribution in [0.1, 0.15) is 45.9 Å². The van der Waals surface area contributed by atoms with Crippen LogP contribution >= 0.6 is 0 Å². The van der Waals surface area contributed by atoms with Crippen molar-refractivity contribution in [3.05, 3.63) is 29.8 Å². The molecule has 0 spiro atoms. The zero-order valence-corrected chi connectivity index (χ0v) is 12.0. The van der Waals surface area contributed by atoms with Crippen LogP contribution in [0.5, 0.6) is 0 Å². The number of nitrogens with one attached hydrogen (secondary N) is 1. The number of benzene rings is 1. The van der Waals surface area contributed by atoms with Crippen LogP contribution in [0.15, 0.2) is 24.3 Å². The monoisotopic (exact) mass is 250 g/mol. The van der Waals surface area contributed by atoms with Crippen LogP contribution in [0.3, 0.4) is 0 Å². The summed E-state index contributed by atoms with van der Waals surface area (Å²) in [5.41, 5.74) is 1.86. The second kappa shape index (κ2) is 6.43. The molecular weight excluding hydrogens is 224 g/mol.